The standard InChI is InChI=1S/C21H25FO4/c1-4-25-21(24)19(20(23)16-8-10-17(22)11-9-16)13-15-6-5-7-18(12-15)26-14(2)3/h5-12,14,19-20,23H,4,13H2,1-3H3. The van der Waals surface area contributed by atoms with Crippen LogP contribution in [0.25, 0.3) is 0 Å². The van der Waals surface area contributed by atoms with E-state index in [0.717, 1.165) is 5.56 Å². The quantitative estimate of drug-likeness (QED) is 0.721. The molecule has 26 heavy (non-hydrogen) atoms. The number of aliphatic hydroxyl groups excluding tert-OH is 1. The third kappa shape index (κ3) is 5.56. The number of halogens is 1. The van der Waals surface area contributed by atoms with E-state index >= 15 is 0 Å². The van der Waals surface area contributed by atoms with Crippen molar-refractivity contribution in [3.8, 4) is 5.75 Å². The van der Waals surface area contributed by atoms with Crippen molar-refractivity contribution >= 4 is 5.97 Å². The summed E-state index contributed by atoms with van der Waals surface area (Å²) in [6, 6.07) is 12.9. The van der Waals surface area contributed by atoms with E-state index in [4.69, 9.17) is 9.47 Å². The van der Waals surface area contributed by atoms with Gasteiger partial charge in [-0.05, 0) is 62.6 Å². The Bertz CT molecular complexity index is 712. The summed E-state index contributed by atoms with van der Waals surface area (Å²) in [6.45, 7) is 5.82. The van der Waals surface area contributed by atoms with Crippen LogP contribution in [0, 0.1) is 11.7 Å². The Morgan fingerprint density at radius 3 is 2.46 bits per heavy atom. The van der Waals surface area contributed by atoms with Gasteiger partial charge in [0.1, 0.15) is 11.6 Å². The highest BCUT2D eigenvalue weighted by Gasteiger charge is 2.29. The summed E-state index contributed by atoms with van der Waals surface area (Å²) in [5.41, 5.74) is 1.32. The molecule has 2 aromatic rings. The zero-order valence-electron chi connectivity index (χ0n) is 15.3. The van der Waals surface area contributed by atoms with Crippen molar-refractivity contribution in [2.45, 2.75) is 39.4 Å². The Morgan fingerprint density at radius 1 is 1.15 bits per heavy atom. The van der Waals surface area contributed by atoms with Crippen LogP contribution >= 0.6 is 0 Å². The molecule has 0 saturated heterocycles. The summed E-state index contributed by atoms with van der Waals surface area (Å²) < 4.78 is 24.0. The summed E-state index contributed by atoms with van der Waals surface area (Å²) in [6.07, 6.45) is -0.771. The van der Waals surface area contributed by atoms with E-state index in [9.17, 15) is 14.3 Å². The van der Waals surface area contributed by atoms with Gasteiger partial charge in [-0.15, -0.1) is 0 Å². The molecule has 2 atom stereocenters. The zero-order valence-corrected chi connectivity index (χ0v) is 15.3. The largest absolute Gasteiger partial charge is 0.491 e. The van der Waals surface area contributed by atoms with Gasteiger partial charge in [0.25, 0.3) is 0 Å². The van der Waals surface area contributed by atoms with Crippen LogP contribution in [0.3, 0.4) is 0 Å². The number of ether oxygens (including phenoxy) is 2. The van der Waals surface area contributed by atoms with Crippen LogP contribution < -0.4 is 4.74 Å². The molecular formula is C21H25FO4. The lowest BCUT2D eigenvalue weighted by Gasteiger charge is -2.22. The van der Waals surface area contributed by atoms with Gasteiger partial charge in [0.2, 0.25) is 0 Å². The molecule has 0 fully saturated rings. The number of benzene rings is 2. The highest BCUT2D eigenvalue weighted by molar-refractivity contribution is 5.74. The Kier molecular flexibility index (Phi) is 7.16. The molecule has 0 aliphatic heterocycles. The van der Waals surface area contributed by atoms with Gasteiger partial charge in [0, 0.05) is 0 Å². The monoisotopic (exact) mass is 360 g/mol. The third-order valence-electron chi connectivity index (χ3n) is 3.91. The van der Waals surface area contributed by atoms with Crippen LogP contribution in [0.5, 0.6) is 5.75 Å². The Labute approximate surface area is 153 Å². The maximum absolute atomic E-state index is 13.1. The average Bonchev–Trinajstić information content (AvgIpc) is 2.59. The van der Waals surface area contributed by atoms with Gasteiger partial charge < -0.3 is 14.6 Å². The molecule has 0 saturated carbocycles. The smallest absolute Gasteiger partial charge is 0.312 e. The minimum absolute atomic E-state index is 0.0379. The van der Waals surface area contributed by atoms with Gasteiger partial charge in [0.05, 0.1) is 24.7 Å². The number of aliphatic hydroxyl groups is 1. The maximum Gasteiger partial charge on any atom is 0.312 e. The molecule has 2 aromatic carbocycles. The van der Waals surface area contributed by atoms with Crippen LogP contribution in [-0.2, 0) is 16.0 Å². The highest BCUT2D eigenvalue weighted by Crippen LogP contribution is 2.28. The second-order valence-corrected chi connectivity index (χ2v) is 6.37. The first-order valence-corrected chi connectivity index (χ1v) is 8.76. The van der Waals surface area contributed by atoms with Crippen LogP contribution in [0.2, 0.25) is 0 Å². The van der Waals surface area contributed by atoms with Gasteiger partial charge in [-0.25, -0.2) is 4.39 Å². The normalized spacial score (nSPS) is 13.3. The maximum atomic E-state index is 13.1. The van der Waals surface area contributed by atoms with Crippen LogP contribution in [0.4, 0.5) is 4.39 Å². The Morgan fingerprint density at radius 2 is 1.85 bits per heavy atom. The number of hydrogen-bond donors (Lipinski definition) is 1. The SMILES string of the molecule is CCOC(=O)C(Cc1cccc(OC(C)C)c1)C(O)c1ccc(F)cc1. The molecule has 2 rings (SSSR count). The highest BCUT2D eigenvalue weighted by atomic mass is 19.1. The van der Waals surface area contributed by atoms with Crippen LogP contribution in [0.15, 0.2) is 48.5 Å². The van der Waals surface area contributed by atoms with E-state index < -0.39 is 23.8 Å². The fourth-order valence-corrected chi connectivity index (χ4v) is 2.74. The Balaban J connectivity index is 2.24. The lowest BCUT2D eigenvalue weighted by atomic mass is 9.89. The third-order valence-corrected chi connectivity index (χ3v) is 3.91. The Hall–Kier alpha value is -2.40. The first kappa shape index (κ1) is 19.9. The molecule has 5 heteroatoms. The van der Waals surface area contributed by atoms with Gasteiger partial charge in [-0.1, -0.05) is 24.3 Å². The molecule has 2 unspecified atom stereocenters. The zero-order chi connectivity index (χ0) is 19.1. The second kappa shape index (κ2) is 9.34. The predicted molar refractivity (Wildman–Crippen MR) is 97.4 cm³/mol. The summed E-state index contributed by atoms with van der Waals surface area (Å²) in [5.74, 6) is -0.974. The molecule has 0 aromatic heterocycles. The van der Waals surface area contributed by atoms with Crippen LogP contribution in [0.1, 0.15) is 38.0 Å². The lowest BCUT2D eigenvalue weighted by molar-refractivity contribution is -0.152. The molecule has 140 valence electrons. The number of carbonyl (C=O) groups excluding carboxylic acids is 1. The average molecular weight is 360 g/mol. The molecule has 0 bridgehead atoms. The number of carbonyl (C=O) groups is 1. The first-order chi connectivity index (χ1) is 12.4. The minimum Gasteiger partial charge on any atom is -0.491 e. The summed E-state index contributed by atoms with van der Waals surface area (Å²) in [5, 5.41) is 10.7. The second-order valence-electron chi connectivity index (χ2n) is 6.37. The molecule has 4 nitrogen and oxygen atoms in total. The predicted octanol–water partition coefficient (Wildman–Crippen LogP) is 4.07. The molecular weight excluding hydrogens is 335 g/mol. The molecule has 0 radical (unpaired) electrons. The van der Waals surface area contributed by atoms with Crippen molar-refractivity contribution in [1.29, 1.82) is 0 Å². The molecule has 1 N–H and O–H groups in total. The number of hydrogen-bond acceptors (Lipinski definition) is 4. The lowest BCUT2D eigenvalue weighted by Crippen LogP contribution is -2.26. The number of rotatable bonds is 8. The van der Waals surface area contributed by atoms with E-state index in [-0.39, 0.29) is 19.1 Å². The van der Waals surface area contributed by atoms with E-state index in [0.29, 0.717) is 11.3 Å². The summed E-state index contributed by atoms with van der Waals surface area (Å²) in [4.78, 5) is 12.4. The topological polar surface area (TPSA) is 55.8 Å². The van der Waals surface area contributed by atoms with E-state index in [1.54, 1.807) is 6.92 Å². The summed E-state index contributed by atoms with van der Waals surface area (Å²) >= 11 is 0. The van der Waals surface area contributed by atoms with Crippen molar-refractivity contribution in [1.82, 2.24) is 0 Å². The van der Waals surface area contributed by atoms with E-state index in [1.807, 2.05) is 38.1 Å². The molecule has 0 aliphatic rings. The van der Waals surface area contributed by atoms with Crippen molar-refractivity contribution in [3.05, 3.63) is 65.5 Å². The molecule has 0 spiro atoms. The van der Waals surface area contributed by atoms with Gasteiger partial charge in [-0.3, -0.25) is 4.79 Å². The molecule has 0 heterocycles. The van der Waals surface area contributed by atoms with Crippen LogP contribution in [-0.4, -0.2) is 23.8 Å². The number of esters is 1. The fraction of sp³-hybridized carbons (Fsp3) is 0.381. The first-order valence-electron chi connectivity index (χ1n) is 8.76. The van der Waals surface area contributed by atoms with E-state index in [1.165, 1.54) is 24.3 Å². The fourth-order valence-electron chi connectivity index (χ4n) is 2.74. The minimum atomic E-state index is -1.09. The van der Waals surface area contributed by atoms with Crippen molar-refractivity contribution in [3.63, 3.8) is 0 Å². The summed E-state index contributed by atoms with van der Waals surface area (Å²) in [7, 11) is 0. The van der Waals surface area contributed by atoms with Gasteiger partial charge in [0.15, 0.2) is 0 Å². The molecule has 0 aliphatic carbocycles. The van der Waals surface area contributed by atoms with Gasteiger partial charge >= 0.3 is 5.97 Å². The van der Waals surface area contributed by atoms with Crippen molar-refractivity contribution < 1.29 is 23.8 Å². The van der Waals surface area contributed by atoms with E-state index in [2.05, 4.69) is 0 Å². The van der Waals surface area contributed by atoms with Crippen molar-refractivity contribution in [2.75, 3.05) is 6.61 Å². The van der Waals surface area contributed by atoms with Gasteiger partial charge in [-0.2, -0.15) is 0 Å². The van der Waals surface area contributed by atoms with Crippen molar-refractivity contribution in [2.24, 2.45) is 5.92 Å². The molecule has 0 amide bonds.